The molecule has 0 unspecified atom stereocenters. The van der Waals surface area contributed by atoms with Crippen LogP contribution in [0.25, 0.3) is 10.2 Å². The largest absolute Gasteiger partial charge is 0.326 e. The Balaban J connectivity index is 1.50. The maximum atomic E-state index is 12.0. The summed E-state index contributed by atoms with van der Waals surface area (Å²) in [5.74, 6) is 0.820. The number of hydrogen-bond acceptors (Lipinski definition) is 4. The monoisotopic (exact) mass is 328 g/mol. The Morgan fingerprint density at radius 3 is 2.86 bits per heavy atom. The first kappa shape index (κ1) is 15.1. The van der Waals surface area contributed by atoms with E-state index in [1.54, 1.807) is 23.1 Å². The van der Waals surface area contributed by atoms with Crippen LogP contribution in [0.1, 0.15) is 12.0 Å². The molecule has 0 radical (unpaired) electrons. The van der Waals surface area contributed by atoms with Gasteiger partial charge in [0, 0.05) is 22.8 Å². The van der Waals surface area contributed by atoms with E-state index in [4.69, 9.17) is 0 Å². The van der Waals surface area contributed by atoms with Crippen molar-refractivity contribution < 1.29 is 4.79 Å². The van der Waals surface area contributed by atoms with Gasteiger partial charge in [0.25, 0.3) is 0 Å². The summed E-state index contributed by atoms with van der Waals surface area (Å²) in [7, 11) is 0. The third-order valence-electron chi connectivity index (χ3n) is 3.23. The number of carbonyl (C=O) groups excluding carboxylic acids is 1. The molecule has 0 aliphatic rings. The van der Waals surface area contributed by atoms with E-state index in [0.717, 1.165) is 21.7 Å². The minimum absolute atomic E-state index is 0.0449. The van der Waals surface area contributed by atoms with Gasteiger partial charge in [0.1, 0.15) is 0 Å². The Morgan fingerprint density at radius 2 is 2.05 bits per heavy atom. The smallest absolute Gasteiger partial charge is 0.225 e. The minimum Gasteiger partial charge on any atom is -0.326 e. The molecule has 3 aromatic rings. The predicted molar refractivity (Wildman–Crippen MR) is 94.8 cm³/mol. The van der Waals surface area contributed by atoms with Gasteiger partial charge in [-0.3, -0.25) is 4.79 Å². The van der Waals surface area contributed by atoms with Crippen molar-refractivity contribution in [2.75, 3.05) is 11.1 Å². The average molecular weight is 328 g/mol. The van der Waals surface area contributed by atoms with Gasteiger partial charge in [-0.2, -0.15) is 0 Å². The van der Waals surface area contributed by atoms with Crippen LogP contribution in [0.15, 0.2) is 52.9 Å². The number of aryl methyl sites for hydroxylation is 1. The van der Waals surface area contributed by atoms with Gasteiger partial charge in [0.2, 0.25) is 5.91 Å². The van der Waals surface area contributed by atoms with Crippen LogP contribution in [-0.4, -0.2) is 16.6 Å². The van der Waals surface area contributed by atoms with Gasteiger partial charge in [0.15, 0.2) is 0 Å². The van der Waals surface area contributed by atoms with Crippen molar-refractivity contribution in [2.24, 2.45) is 0 Å². The van der Waals surface area contributed by atoms with Crippen molar-refractivity contribution in [2.45, 2.75) is 18.2 Å². The third-order valence-corrected chi connectivity index (χ3v) is 5.04. The van der Waals surface area contributed by atoms with Crippen LogP contribution < -0.4 is 5.32 Å². The molecule has 1 amide bonds. The number of fused-ring (bicyclic) bond motifs is 1. The van der Waals surface area contributed by atoms with Crippen molar-refractivity contribution in [3.63, 3.8) is 0 Å². The van der Waals surface area contributed by atoms with Gasteiger partial charge in [-0.1, -0.05) is 17.7 Å². The van der Waals surface area contributed by atoms with E-state index in [9.17, 15) is 4.79 Å². The minimum atomic E-state index is 0.0449. The second-order valence-electron chi connectivity index (χ2n) is 4.99. The van der Waals surface area contributed by atoms with E-state index < -0.39 is 0 Å². The van der Waals surface area contributed by atoms with E-state index in [1.165, 1.54) is 10.5 Å². The molecular formula is C17H16N2OS2. The highest BCUT2D eigenvalue weighted by molar-refractivity contribution is 7.99. The number of benzene rings is 2. The fraction of sp³-hybridized carbons (Fsp3) is 0.176. The SMILES string of the molecule is Cc1ccc(SCCC(=O)Nc2ccc3ncsc3c2)cc1. The summed E-state index contributed by atoms with van der Waals surface area (Å²) in [4.78, 5) is 17.4. The van der Waals surface area contributed by atoms with Crippen LogP contribution in [0.2, 0.25) is 0 Å². The molecule has 3 rings (SSSR count). The molecule has 2 aromatic carbocycles. The molecule has 1 heterocycles. The summed E-state index contributed by atoms with van der Waals surface area (Å²) in [6.45, 7) is 2.07. The highest BCUT2D eigenvalue weighted by Gasteiger charge is 2.05. The van der Waals surface area contributed by atoms with E-state index >= 15 is 0 Å². The summed E-state index contributed by atoms with van der Waals surface area (Å²) in [5.41, 5.74) is 4.87. The average Bonchev–Trinajstić information content (AvgIpc) is 2.97. The first-order valence-corrected chi connectivity index (χ1v) is 8.90. The Morgan fingerprint density at radius 1 is 1.23 bits per heavy atom. The van der Waals surface area contributed by atoms with Crippen molar-refractivity contribution >= 4 is 44.9 Å². The molecule has 0 aliphatic carbocycles. The summed E-state index contributed by atoms with van der Waals surface area (Å²) in [5, 5.41) is 2.95. The maximum Gasteiger partial charge on any atom is 0.225 e. The summed E-state index contributed by atoms with van der Waals surface area (Å²) in [6.07, 6.45) is 0.499. The van der Waals surface area contributed by atoms with Gasteiger partial charge in [0.05, 0.1) is 15.7 Å². The second kappa shape index (κ2) is 6.94. The lowest BCUT2D eigenvalue weighted by Crippen LogP contribution is -2.11. The fourth-order valence-electron chi connectivity index (χ4n) is 2.05. The van der Waals surface area contributed by atoms with Crippen LogP contribution in [0, 0.1) is 6.92 Å². The number of nitrogens with zero attached hydrogens (tertiary/aromatic N) is 1. The molecule has 3 nitrogen and oxygen atoms in total. The highest BCUT2D eigenvalue weighted by atomic mass is 32.2. The standard InChI is InChI=1S/C17H16N2OS2/c1-12-2-5-14(6-3-12)21-9-8-17(20)19-13-4-7-15-16(10-13)22-11-18-15/h2-7,10-11H,8-9H2,1H3,(H,19,20). The zero-order valence-corrected chi connectivity index (χ0v) is 13.8. The van der Waals surface area contributed by atoms with Gasteiger partial charge >= 0.3 is 0 Å². The number of carbonyl (C=O) groups is 1. The van der Waals surface area contributed by atoms with E-state index in [2.05, 4.69) is 41.5 Å². The molecule has 0 fully saturated rings. The number of nitrogens with one attached hydrogen (secondary N) is 1. The molecule has 112 valence electrons. The van der Waals surface area contributed by atoms with Crippen molar-refractivity contribution in [3.05, 3.63) is 53.5 Å². The number of rotatable bonds is 5. The molecule has 0 atom stereocenters. The third kappa shape index (κ3) is 3.87. The number of thioether (sulfide) groups is 1. The summed E-state index contributed by atoms with van der Waals surface area (Å²) >= 11 is 3.28. The Kier molecular flexibility index (Phi) is 4.75. The van der Waals surface area contributed by atoms with Crippen LogP contribution in [-0.2, 0) is 4.79 Å². The molecule has 0 aliphatic heterocycles. The van der Waals surface area contributed by atoms with Gasteiger partial charge in [-0.25, -0.2) is 4.98 Å². The van der Waals surface area contributed by atoms with E-state index in [-0.39, 0.29) is 5.91 Å². The molecule has 1 aromatic heterocycles. The van der Waals surface area contributed by atoms with Gasteiger partial charge < -0.3 is 5.32 Å². The highest BCUT2D eigenvalue weighted by Crippen LogP contribution is 2.22. The van der Waals surface area contributed by atoms with E-state index in [1.807, 2.05) is 23.7 Å². The Labute approximate surface area is 137 Å². The zero-order valence-electron chi connectivity index (χ0n) is 12.2. The van der Waals surface area contributed by atoms with E-state index in [0.29, 0.717) is 6.42 Å². The lowest BCUT2D eigenvalue weighted by atomic mass is 10.2. The number of thiazole rings is 1. The maximum absolute atomic E-state index is 12.0. The molecule has 0 bridgehead atoms. The van der Waals surface area contributed by atoms with Crippen LogP contribution in [0.5, 0.6) is 0 Å². The number of hydrogen-bond donors (Lipinski definition) is 1. The molecule has 5 heteroatoms. The number of amides is 1. The van der Waals surface area contributed by atoms with Crippen LogP contribution in [0.4, 0.5) is 5.69 Å². The first-order chi connectivity index (χ1) is 10.7. The van der Waals surface area contributed by atoms with Crippen molar-refractivity contribution in [1.82, 2.24) is 4.98 Å². The van der Waals surface area contributed by atoms with Gasteiger partial charge in [-0.05, 0) is 37.3 Å². The lowest BCUT2D eigenvalue weighted by molar-refractivity contribution is -0.115. The predicted octanol–water partition coefficient (Wildman–Crippen LogP) is 4.73. The normalized spacial score (nSPS) is 10.8. The quantitative estimate of drug-likeness (QED) is 0.689. The number of anilines is 1. The van der Waals surface area contributed by atoms with Crippen molar-refractivity contribution in [3.8, 4) is 0 Å². The van der Waals surface area contributed by atoms with Crippen LogP contribution in [0.3, 0.4) is 0 Å². The Bertz CT molecular complexity index is 781. The first-order valence-electron chi connectivity index (χ1n) is 7.03. The zero-order chi connectivity index (χ0) is 15.4. The molecule has 0 spiro atoms. The molecule has 0 saturated heterocycles. The summed E-state index contributed by atoms with van der Waals surface area (Å²) < 4.78 is 1.09. The topological polar surface area (TPSA) is 42.0 Å². The van der Waals surface area contributed by atoms with Crippen LogP contribution >= 0.6 is 23.1 Å². The summed E-state index contributed by atoms with van der Waals surface area (Å²) in [6, 6.07) is 14.2. The number of aromatic nitrogens is 1. The Hall–Kier alpha value is -1.85. The molecular weight excluding hydrogens is 312 g/mol. The fourth-order valence-corrected chi connectivity index (χ4v) is 3.62. The molecule has 0 saturated carbocycles. The van der Waals surface area contributed by atoms with Gasteiger partial charge in [-0.15, -0.1) is 23.1 Å². The lowest BCUT2D eigenvalue weighted by Gasteiger charge is -2.05. The second-order valence-corrected chi connectivity index (χ2v) is 7.05. The molecule has 22 heavy (non-hydrogen) atoms. The molecule has 1 N–H and O–H groups in total. The van der Waals surface area contributed by atoms with Crippen molar-refractivity contribution in [1.29, 1.82) is 0 Å².